The first-order valence-corrected chi connectivity index (χ1v) is 7.29. The highest BCUT2D eigenvalue weighted by Gasteiger charge is 2.28. The molecule has 5 nitrogen and oxygen atoms in total. The van der Waals surface area contributed by atoms with Crippen LogP contribution in [0, 0.1) is 5.92 Å². The molecular formula is C16H19N3O2. The van der Waals surface area contributed by atoms with Crippen molar-refractivity contribution in [1.29, 1.82) is 0 Å². The van der Waals surface area contributed by atoms with Gasteiger partial charge in [0.2, 0.25) is 0 Å². The number of rotatable bonds is 5. The van der Waals surface area contributed by atoms with Gasteiger partial charge in [0, 0.05) is 5.92 Å². The summed E-state index contributed by atoms with van der Waals surface area (Å²) in [5.74, 6) is -0.213. The monoisotopic (exact) mass is 285 g/mol. The maximum absolute atomic E-state index is 11.3. The lowest BCUT2D eigenvalue weighted by atomic mass is 9.77. The summed E-state index contributed by atoms with van der Waals surface area (Å²) < 4.78 is 1.78. The van der Waals surface area contributed by atoms with Crippen LogP contribution in [0.5, 0.6) is 0 Å². The Morgan fingerprint density at radius 2 is 2.19 bits per heavy atom. The van der Waals surface area contributed by atoms with Crippen molar-refractivity contribution in [3.05, 3.63) is 46.8 Å². The molecule has 1 atom stereocenters. The Balaban J connectivity index is 1.85. The zero-order valence-corrected chi connectivity index (χ0v) is 12.3. The van der Waals surface area contributed by atoms with Gasteiger partial charge in [0.05, 0.1) is 12.2 Å². The molecule has 0 bridgehead atoms. The van der Waals surface area contributed by atoms with Crippen LogP contribution in [0.1, 0.15) is 47.1 Å². The highest BCUT2D eigenvalue weighted by Crippen LogP contribution is 2.36. The summed E-state index contributed by atoms with van der Waals surface area (Å²) >= 11 is 0. The van der Waals surface area contributed by atoms with E-state index in [0.29, 0.717) is 24.8 Å². The second kappa shape index (κ2) is 5.31. The van der Waals surface area contributed by atoms with Crippen molar-refractivity contribution < 1.29 is 9.90 Å². The van der Waals surface area contributed by atoms with Gasteiger partial charge in [-0.25, -0.2) is 9.48 Å². The summed E-state index contributed by atoms with van der Waals surface area (Å²) in [6.07, 6.45) is 1.71. The highest BCUT2D eigenvalue weighted by molar-refractivity contribution is 5.86. The predicted molar refractivity (Wildman–Crippen MR) is 78.4 cm³/mol. The molecule has 0 spiro atoms. The van der Waals surface area contributed by atoms with Gasteiger partial charge >= 0.3 is 5.97 Å². The molecule has 5 heteroatoms. The SMILES string of the molecule is CC(C)Cc1c(C(=O)O)nnn1CC1Cc2ccccc21. The van der Waals surface area contributed by atoms with Crippen LogP contribution < -0.4 is 0 Å². The van der Waals surface area contributed by atoms with E-state index in [2.05, 4.69) is 42.4 Å². The molecule has 2 aromatic rings. The average Bonchev–Trinajstić information content (AvgIpc) is 2.78. The number of nitrogens with zero attached hydrogens (tertiary/aromatic N) is 3. The molecule has 1 N–H and O–H groups in total. The zero-order chi connectivity index (χ0) is 15.0. The number of carbonyl (C=O) groups is 1. The van der Waals surface area contributed by atoms with Crippen molar-refractivity contribution in [3.63, 3.8) is 0 Å². The molecular weight excluding hydrogens is 266 g/mol. The molecule has 0 aliphatic heterocycles. The minimum Gasteiger partial charge on any atom is -0.476 e. The van der Waals surface area contributed by atoms with Crippen LogP contribution in [0.2, 0.25) is 0 Å². The molecule has 3 rings (SSSR count). The van der Waals surface area contributed by atoms with Crippen molar-refractivity contribution in [2.45, 2.75) is 39.2 Å². The fourth-order valence-corrected chi connectivity index (χ4v) is 2.97. The molecule has 21 heavy (non-hydrogen) atoms. The van der Waals surface area contributed by atoms with Crippen molar-refractivity contribution in [2.24, 2.45) is 5.92 Å². The van der Waals surface area contributed by atoms with Gasteiger partial charge in [0.15, 0.2) is 5.69 Å². The maximum atomic E-state index is 11.3. The molecule has 0 amide bonds. The number of aromatic nitrogens is 3. The van der Waals surface area contributed by atoms with E-state index in [1.165, 1.54) is 11.1 Å². The molecule has 1 aromatic heterocycles. The Kier molecular flexibility index (Phi) is 3.49. The number of hydrogen-bond acceptors (Lipinski definition) is 3. The molecule has 1 aliphatic carbocycles. The summed E-state index contributed by atoms with van der Waals surface area (Å²) in [7, 11) is 0. The molecule has 0 radical (unpaired) electrons. The molecule has 0 fully saturated rings. The lowest BCUT2D eigenvalue weighted by molar-refractivity contribution is 0.0689. The first-order valence-electron chi connectivity index (χ1n) is 7.29. The molecule has 1 aromatic carbocycles. The van der Waals surface area contributed by atoms with Crippen LogP contribution >= 0.6 is 0 Å². The van der Waals surface area contributed by atoms with Gasteiger partial charge in [0.1, 0.15) is 0 Å². The van der Waals surface area contributed by atoms with E-state index in [1.807, 2.05) is 6.07 Å². The number of hydrogen-bond donors (Lipinski definition) is 1. The molecule has 0 saturated heterocycles. The summed E-state index contributed by atoms with van der Waals surface area (Å²) in [4.78, 5) is 11.3. The van der Waals surface area contributed by atoms with Crippen molar-refractivity contribution in [3.8, 4) is 0 Å². The topological polar surface area (TPSA) is 68.0 Å². The normalized spacial score (nSPS) is 16.6. The molecule has 1 aliphatic rings. The van der Waals surface area contributed by atoms with Crippen LogP contribution in [0.25, 0.3) is 0 Å². The van der Waals surface area contributed by atoms with Crippen LogP contribution in [-0.2, 0) is 19.4 Å². The zero-order valence-electron chi connectivity index (χ0n) is 12.3. The fraction of sp³-hybridized carbons (Fsp3) is 0.438. The van der Waals surface area contributed by atoms with Gasteiger partial charge < -0.3 is 5.11 Å². The van der Waals surface area contributed by atoms with Gasteiger partial charge in [-0.2, -0.15) is 0 Å². The predicted octanol–water partition coefficient (Wildman–Crippen LogP) is 2.51. The van der Waals surface area contributed by atoms with Crippen molar-refractivity contribution >= 4 is 5.97 Å². The van der Waals surface area contributed by atoms with Gasteiger partial charge in [0.25, 0.3) is 0 Å². The Morgan fingerprint density at radius 3 is 2.86 bits per heavy atom. The van der Waals surface area contributed by atoms with E-state index >= 15 is 0 Å². The van der Waals surface area contributed by atoms with Crippen LogP contribution in [-0.4, -0.2) is 26.1 Å². The van der Waals surface area contributed by atoms with Gasteiger partial charge in [-0.15, -0.1) is 5.10 Å². The quantitative estimate of drug-likeness (QED) is 0.916. The first kappa shape index (κ1) is 13.8. The molecule has 0 saturated carbocycles. The minimum absolute atomic E-state index is 0.0938. The molecule has 1 unspecified atom stereocenters. The third-order valence-corrected chi connectivity index (χ3v) is 4.00. The van der Waals surface area contributed by atoms with Crippen molar-refractivity contribution in [1.82, 2.24) is 15.0 Å². The number of carboxylic acids is 1. The van der Waals surface area contributed by atoms with Gasteiger partial charge in [-0.3, -0.25) is 0 Å². The standard InChI is InChI=1S/C16H19N3O2/c1-10(2)7-14-15(16(20)21)17-18-19(14)9-12-8-11-5-3-4-6-13(11)12/h3-6,10,12H,7-9H2,1-2H3,(H,20,21). The van der Waals surface area contributed by atoms with Crippen LogP contribution in [0.4, 0.5) is 0 Å². The summed E-state index contributed by atoms with van der Waals surface area (Å²) in [6, 6.07) is 8.38. The van der Waals surface area contributed by atoms with E-state index in [-0.39, 0.29) is 5.69 Å². The molecule has 110 valence electrons. The second-order valence-electron chi connectivity index (χ2n) is 6.07. The van der Waals surface area contributed by atoms with Crippen molar-refractivity contribution in [2.75, 3.05) is 0 Å². The number of carboxylic acid groups (broad SMARTS) is 1. The summed E-state index contributed by atoms with van der Waals surface area (Å²) in [6.45, 7) is 4.85. The third-order valence-electron chi connectivity index (χ3n) is 4.00. The number of aromatic carboxylic acids is 1. The smallest absolute Gasteiger partial charge is 0.358 e. The minimum atomic E-state index is -0.995. The van der Waals surface area contributed by atoms with E-state index in [0.717, 1.165) is 12.1 Å². The molecule has 1 heterocycles. The van der Waals surface area contributed by atoms with E-state index in [4.69, 9.17) is 0 Å². The number of benzene rings is 1. The van der Waals surface area contributed by atoms with Crippen LogP contribution in [0.3, 0.4) is 0 Å². The first-order chi connectivity index (χ1) is 10.1. The number of fused-ring (bicyclic) bond motifs is 1. The lowest BCUT2D eigenvalue weighted by Gasteiger charge is -2.30. The average molecular weight is 285 g/mol. The summed E-state index contributed by atoms with van der Waals surface area (Å²) in [5.41, 5.74) is 3.56. The van der Waals surface area contributed by atoms with E-state index in [9.17, 15) is 9.90 Å². The maximum Gasteiger partial charge on any atom is 0.358 e. The summed E-state index contributed by atoms with van der Waals surface area (Å²) in [5, 5.41) is 17.2. The fourth-order valence-electron chi connectivity index (χ4n) is 2.97. The van der Waals surface area contributed by atoms with Gasteiger partial charge in [-0.05, 0) is 29.9 Å². The Bertz CT molecular complexity index is 676. The van der Waals surface area contributed by atoms with Crippen LogP contribution in [0.15, 0.2) is 24.3 Å². The van der Waals surface area contributed by atoms with E-state index in [1.54, 1.807) is 4.68 Å². The Hall–Kier alpha value is -2.17. The second-order valence-corrected chi connectivity index (χ2v) is 6.07. The highest BCUT2D eigenvalue weighted by atomic mass is 16.4. The third kappa shape index (κ3) is 2.55. The van der Waals surface area contributed by atoms with E-state index < -0.39 is 5.97 Å². The van der Waals surface area contributed by atoms with Gasteiger partial charge in [-0.1, -0.05) is 43.3 Å². The Morgan fingerprint density at radius 1 is 1.43 bits per heavy atom. The largest absolute Gasteiger partial charge is 0.476 e. The lowest BCUT2D eigenvalue weighted by Crippen LogP contribution is -2.24. The Labute approximate surface area is 123 Å².